The summed E-state index contributed by atoms with van der Waals surface area (Å²) >= 11 is 1.75. The Morgan fingerprint density at radius 2 is 2.50 bits per heavy atom. The molecule has 12 heavy (non-hydrogen) atoms. The van der Waals surface area contributed by atoms with Crippen molar-refractivity contribution in [3.63, 3.8) is 0 Å². The second kappa shape index (κ2) is 5.12. The molecule has 2 heteroatoms. The standard InChI is InChI=1S/C10H15NS/c1-9(3-2-5-11)7-10-4-6-12-8-10/h3-4,6,8H,2,5,7,11H2,1H3. The highest BCUT2D eigenvalue weighted by molar-refractivity contribution is 7.07. The van der Waals surface area contributed by atoms with Crippen molar-refractivity contribution in [1.82, 2.24) is 0 Å². The lowest BCUT2D eigenvalue weighted by atomic mass is 10.1. The van der Waals surface area contributed by atoms with Crippen molar-refractivity contribution in [1.29, 1.82) is 0 Å². The molecular weight excluding hydrogens is 166 g/mol. The summed E-state index contributed by atoms with van der Waals surface area (Å²) in [4.78, 5) is 0. The van der Waals surface area contributed by atoms with Crippen LogP contribution in [-0.2, 0) is 6.42 Å². The van der Waals surface area contributed by atoms with Gasteiger partial charge in [0.05, 0.1) is 0 Å². The van der Waals surface area contributed by atoms with Crippen molar-refractivity contribution in [2.24, 2.45) is 5.73 Å². The van der Waals surface area contributed by atoms with Crippen molar-refractivity contribution in [3.05, 3.63) is 34.0 Å². The molecule has 0 bridgehead atoms. The van der Waals surface area contributed by atoms with Crippen LogP contribution in [0.15, 0.2) is 28.5 Å². The first-order valence-corrected chi connectivity index (χ1v) is 5.14. The Balaban J connectivity index is 2.41. The molecule has 0 aromatic carbocycles. The predicted molar refractivity (Wildman–Crippen MR) is 55.5 cm³/mol. The first-order chi connectivity index (χ1) is 5.83. The highest BCUT2D eigenvalue weighted by Crippen LogP contribution is 2.11. The second-order valence-electron chi connectivity index (χ2n) is 2.94. The minimum Gasteiger partial charge on any atom is -0.330 e. The SMILES string of the molecule is CC(=CCCN)Cc1ccsc1. The highest BCUT2D eigenvalue weighted by atomic mass is 32.1. The molecule has 0 radical (unpaired) electrons. The minimum atomic E-state index is 0.751. The highest BCUT2D eigenvalue weighted by Gasteiger charge is 1.93. The van der Waals surface area contributed by atoms with E-state index in [9.17, 15) is 0 Å². The fraction of sp³-hybridized carbons (Fsp3) is 0.400. The summed E-state index contributed by atoms with van der Waals surface area (Å²) in [6, 6.07) is 2.17. The van der Waals surface area contributed by atoms with Crippen molar-refractivity contribution in [2.75, 3.05) is 6.54 Å². The maximum Gasteiger partial charge on any atom is -0.00425 e. The van der Waals surface area contributed by atoms with Crippen LogP contribution >= 0.6 is 11.3 Å². The number of rotatable bonds is 4. The Kier molecular flexibility index (Phi) is 4.05. The van der Waals surface area contributed by atoms with Crippen molar-refractivity contribution in [2.45, 2.75) is 19.8 Å². The summed E-state index contributed by atoms with van der Waals surface area (Å²) in [5.74, 6) is 0. The van der Waals surface area contributed by atoms with Crippen LogP contribution in [0, 0.1) is 0 Å². The summed E-state index contributed by atoms with van der Waals surface area (Å²) in [5, 5.41) is 4.31. The van der Waals surface area contributed by atoms with E-state index in [-0.39, 0.29) is 0 Å². The van der Waals surface area contributed by atoms with Gasteiger partial charge in [0.25, 0.3) is 0 Å². The number of allylic oxidation sites excluding steroid dienone is 1. The van der Waals surface area contributed by atoms with Gasteiger partial charge in [-0.05, 0) is 48.7 Å². The topological polar surface area (TPSA) is 26.0 Å². The zero-order valence-corrected chi connectivity index (χ0v) is 8.23. The molecule has 0 saturated heterocycles. The molecule has 1 rings (SSSR count). The molecule has 0 aliphatic heterocycles. The van der Waals surface area contributed by atoms with E-state index in [1.54, 1.807) is 11.3 Å². The molecule has 0 atom stereocenters. The molecule has 0 aliphatic rings. The van der Waals surface area contributed by atoms with E-state index >= 15 is 0 Å². The molecular formula is C10H15NS. The normalized spacial score (nSPS) is 12.0. The van der Waals surface area contributed by atoms with Crippen LogP contribution in [0.25, 0.3) is 0 Å². The molecule has 0 fully saturated rings. The molecule has 1 nitrogen and oxygen atoms in total. The summed E-state index contributed by atoms with van der Waals surface area (Å²) in [7, 11) is 0. The van der Waals surface area contributed by atoms with Crippen molar-refractivity contribution < 1.29 is 0 Å². The van der Waals surface area contributed by atoms with E-state index in [0.717, 1.165) is 19.4 Å². The van der Waals surface area contributed by atoms with Gasteiger partial charge >= 0.3 is 0 Å². The van der Waals surface area contributed by atoms with Gasteiger partial charge in [0, 0.05) is 0 Å². The lowest BCUT2D eigenvalue weighted by molar-refractivity contribution is 0.982. The summed E-state index contributed by atoms with van der Waals surface area (Å²) < 4.78 is 0. The maximum absolute atomic E-state index is 5.41. The molecule has 0 saturated carbocycles. The van der Waals surface area contributed by atoms with Crippen molar-refractivity contribution in [3.8, 4) is 0 Å². The monoisotopic (exact) mass is 181 g/mol. The quantitative estimate of drug-likeness (QED) is 0.710. The van der Waals surface area contributed by atoms with Gasteiger partial charge in [-0.25, -0.2) is 0 Å². The molecule has 0 spiro atoms. The van der Waals surface area contributed by atoms with Gasteiger partial charge < -0.3 is 5.73 Å². The van der Waals surface area contributed by atoms with E-state index in [4.69, 9.17) is 5.73 Å². The smallest absolute Gasteiger partial charge is 0.00425 e. The molecule has 0 unspecified atom stereocenters. The van der Waals surface area contributed by atoms with Crippen LogP contribution in [0.1, 0.15) is 18.9 Å². The van der Waals surface area contributed by atoms with Crippen LogP contribution in [-0.4, -0.2) is 6.54 Å². The molecule has 0 aliphatic carbocycles. The maximum atomic E-state index is 5.41. The summed E-state index contributed by atoms with van der Waals surface area (Å²) in [5.41, 5.74) is 8.23. The van der Waals surface area contributed by atoms with E-state index in [1.165, 1.54) is 11.1 Å². The van der Waals surface area contributed by atoms with Crippen LogP contribution in [0.5, 0.6) is 0 Å². The molecule has 1 heterocycles. The van der Waals surface area contributed by atoms with E-state index < -0.39 is 0 Å². The largest absolute Gasteiger partial charge is 0.330 e. The third-order valence-electron chi connectivity index (χ3n) is 1.72. The summed E-state index contributed by atoms with van der Waals surface area (Å²) in [6.45, 7) is 2.91. The van der Waals surface area contributed by atoms with Gasteiger partial charge in [-0.1, -0.05) is 11.6 Å². The van der Waals surface area contributed by atoms with Crippen LogP contribution in [0.4, 0.5) is 0 Å². The number of thiophene rings is 1. The Hall–Kier alpha value is -0.600. The van der Waals surface area contributed by atoms with Crippen molar-refractivity contribution >= 4 is 11.3 Å². The van der Waals surface area contributed by atoms with Gasteiger partial charge in [-0.2, -0.15) is 11.3 Å². The number of hydrogen-bond acceptors (Lipinski definition) is 2. The lowest BCUT2D eigenvalue weighted by Gasteiger charge is -1.97. The average Bonchev–Trinajstić information content (AvgIpc) is 2.53. The predicted octanol–water partition coefficient (Wildman–Crippen LogP) is 2.59. The zero-order chi connectivity index (χ0) is 8.81. The Bertz CT molecular complexity index is 236. The van der Waals surface area contributed by atoms with Crippen LogP contribution in [0.3, 0.4) is 0 Å². The average molecular weight is 181 g/mol. The third kappa shape index (κ3) is 3.20. The summed E-state index contributed by atoms with van der Waals surface area (Å²) in [6.07, 6.45) is 4.29. The molecule has 1 aromatic rings. The molecule has 2 N–H and O–H groups in total. The Labute approximate surface area is 77.9 Å². The third-order valence-corrected chi connectivity index (χ3v) is 2.45. The first kappa shape index (κ1) is 9.49. The van der Waals surface area contributed by atoms with E-state index in [1.807, 2.05) is 0 Å². The molecule has 66 valence electrons. The van der Waals surface area contributed by atoms with Gasteiger partial charge in [-0.15, -0.1) is 0 Å². The molecule has 0 amide bonds. The zero-order valence-electron chi connectivity index (χ0n) is 7.42. The minimum absolute atomic E-state index is 0.751. The van der Waals surface area contributed by atoms with Gasteiger partial charge in [0.2, 0.25) is 0 Å². The van der Waals surface area contributed by atoms with E-state index in [0.29, 0.717) is 0 Å². The van der Waals surface area contributed by atoms with E-state index in [2.05, 4.69) is 29.8 Å². The number of nitrogens with two attached hydrogens (primary N) is 1. The first-order valence-electron chi connectivity index (χ1n) is 4.19. The molecule has 1 aromatic heterocycles. The Morgan fingerprint density at radius 3 is 3.08 bits per heavy atom. The van der Waals surface area contributed by atoms with Gasteiger partial charge in [-0.3, -0.25) is 0 Å². The number of hydrogen-bond donors (Lipinski definition) is 1. The Morgan fingerprint density at radius 1 is 1.67 bits per heavy atom. The fourth-order valence-electron chi connectivity index (χ4n) is 1.12. The van der Waals surface area contributed by atoms with Crippen LogP contribution < -0.4 is 5.73 Å². The second-order valence-corrected chi connectivity index (χ2v) is 3.72. The lowest BCUT2D eigenvalue weighted by Crippen LogP contribution is -1.96. The van der Waals surface area contributed by atoms with Gasteiger partial charge in [0.1, 0.15) is 0 Å². The van der Waals surface area contributed by atoms with Gasteiger partial charge in [0.15, 0.2) is 0 Å². The fourth-order valence-corrected chi connectivity index (χ4v) is 1.79. The van der Waals surface area contributed by atoms with Crippen LogP contribution in [0.2, 0.25) is 0 Å².